The van der Waals surface area contributed by atoms with Gasteiger partial charge < -0.3 is 82.6 Å². The molecule has 8 amide bonds. The lowest BCUT2D eigenvalue weighted by atomic mass is 9.80. The van der Waals surface area contributed by atoms with Crippen LogP contribution < -0.4 is 42.5 Å². The number of fused-ring (bicyclic) bond motifs is 4. The number of hydrogen-bond donors (Lipinski definition) is 12. The van der Waals surface area contributed by atoms with E-state index < -0.39 is 65.1 Å². The summed E-state index contributed by atoms with van der Waals surface area (Å²) >= 11 is 4.66. The third-order valence-corrected chi connectivity index (χ3v) is 34.8. The van der Waals surface area contributed by atoms with Gasteiger partial charge in [0.25, 0.3) is 53.2 Å². The van der Waals surface area contributed by atoms with Crippen molar-refractivity contribution in [1.82, 2.24) is 80.7 Å². The lowest BCUT2D eigenvalue weighted by molar-refractivity contribution is 0.0117. The number of anilines is 4. The largest absolute Gasteiger partial charge is 0.389 e. The van der Waals surface area contributed by atoms with E-state index in [-0.39, 0.29) is 112 Å². The first kappa shape index (κ1) is 108. The van der Waals surface area contributed by atoms with Crippen LogP contribution >= 0.6 is 45.3 Å². The Morgan fingerprint density at radius 2 is 0.641 bits per heavy atom. The van der Waals surface area contributed by atoms with Gasteiger partial charge in [-0.15, -0.1) is 45.3 Å². The molecule has 0 spiro atoms. The molecule has 38 heteroatoms. The number of amides is 8. The molecule has 14 heterocycles. The van der Waals surface area contributed by atoms with Crippen LogP contribution in [0.15, 0.2) is 49.1 Å². The van der Waals surface area contributed by atoms with Gasteiger partial charge in [-0.1, -0.05) is 19.3 Å². The number of aromatic nitrogens is 8. The third-order valence-electron chi connectivity index (χ3n) is 30.5. The number of alkyl halides is 2. The molecule has 19 rings (SSSR count). The van der Waals surface area contributed by atoms with E-state index in [1.165, 1.54) is 117 Å². The van der Waals surface area contributed by atoms with Crippen molar-refractivity contribution in [3.63, 3.8) is 0 Å². The first-order chi connectivity index (χ1) is 68.5. The van der Waals surface area contributed by atoms with Crippen molar-refractivity contribution in [3.8, 4) is 41.8 Å². The smallest absolute Gasteiger partial charge is 0.280 e. The highest BCUT2D eigenvalue weighted by molar-refractivity contribution is 7.18. The molecule has 11 aliphatic rings. The van der Waals surface area contributed by atoms with E-state index in [4.69, 9.17) is 0 Å². The van der Waals surface area contributed by atoms with Crippen LogP contribution in [-0.4, -0.2) is 255 Å². The van der Waals surface area contributed by atoms with E-state index >= 15 is 0 Å². The van der Waals surface area contributed by atoms with Gasteiger partial charge in [0.1, 0.15) is 46.0 Å². The van der Waals surface area contributed by atoms with Gasteiger partial charge >= 0.3 is 0 Å². The average Bonchev–Trinajstić information content (AvgIpc) is 1.56. The van der Waals surface area contributed by atoms with Gasteiger partial charge in [-0.2, -0.15) is 0 Å². The quantitative estimate of drug-likeness (QED) is 0.0182. The van der Waals surface area contributed by atoms with E-state index in [9.17, 15) is 67.6 Å². The molecular weight excluding hydrogens is 1920 g/mol. The Morgan fingerprint density at radius 3 is 0.869 bits per heavy atom. The van der Waals surface area contributed by atoms with E-state index in [0.717, 1.165) is 143 Å². The molecule has 0 radical (unpaired) electrons. The highest BCUT2D eigenvalue weighted by Gasteiger charge is 2.50. The molecule has 4 bridgehead atoms. The minimum Gasteiger partial charge on any atom is -0.389 e. The molecule has 6 aliphatic heterocycles. The molecule has 145 heavy (non-hydrogen) atoms. The summed E-state index contributed by atoms with van der Waals surface area (Å²) in [5.74, 6) is 1.06. The molecule has 5 saturated carbocycles. The predicted molar refractivity (Wildman–Crippen MR) is 563 cm³/mol. The maximum atomic E-state index is 14.1. The van der Waals surface area contributed by atoms with Crippen molar-refractivity contribution in [3.05, 3.63) is 114 Å². The molecule has 784 valence electrons. The summed E-state index contributed by atoms with van der Waals surface area (Å²) in [5, 5.41) is 65.7. The number of nitrogens with one attached hydrogen (secondary N) is 8. The SMILES string of the molecule is Cc1cc(NC(C2CC2)C2CC2)ncc1-c1sc(C(=O)NCC(C)(C)O)nc1C(=O)N1CC(F)(F)C[C@@H]1C.Cc1cc(N[C@@H](C)C2CCC2)ncc1-c1sc(C(=O)NCC(C)(C)O)nc1C(=O)N1C2CCC1CC2.Cc1cc(N[C@H](C)C2CCC2)ncc1-c1sc(C(=O)NCC(C)(C)O)nc1C(=O)N1C2CCC1CC2.Cc1cc(N[C@H](C)C2CCC2)ncc1-c1sc(C(=O)NCC(C)(C)O)nc1C(=O)N1CCC[C@@H]1C. The van der Waals surface area contributed by atoms with Crippen LogP contribution in [-0.2, 0) is 0 Å². The maximum absolute atomic E-state index is 14.1. The summed E-state index contributed by atoms with van der Waals surface area (Å²) in [4.78, 5) is 152. The van der Waals surface area contributed by atoms with Crippen molar-refractivity contribution in [2.24, 2.45) is 29.6 Å². The number of carbonyl (C=O) groups excluding carboxylic acids is 8. The first-order valence-electron chi connectivity index (χ1n) is 52.2. The number of aryl methyl sites for hydroxylation is 4. The first-order valence-corrected chi connectivity index (χ1v) is 55.5. The molecule has 0 aromatic carbocycles. The number of thiazole rings is 4. The van der Waals surface area contributed by atoms with Gasteiger partial charge in [-0.05, 0) is 322 Å². The van der Waals surface area contributed by atoms with E-state index in [2.05, 4.69) is 103 Å². The van der Waals surface area contributed by atoms with Crippen molar-refractivity contribution < 1.29 is 67.6 Å². The summed E-state index contributed by atoms with van der Waals surface area (Å²) in [6.07, 6.45) is 33.2. The second kappa shape index (κ2) is 44.3. The summed E-state index contributed by atoms with van der Waals surface area (Å²) in [5.41, 5.74) is 3.55. The van der Waals surface area contributed by atoms with Crippen LogP contribution in [0, 0.1) is 57.3 Å². The van der Waals surface area contributed by atoms with Crippen molar-refractivity contribution in [2.45, 2.75) is 361 Å². The number of carbonyl (C=O) groups is 8. The van der Waals surface area contributed by atoms with Crippen LogP contribution in [0.1, 0.15) is 348 Å². The molecule has 6 saturated heterocycles. The van der Waals surface area contributed by atoms with Crippen molar-refractivity contribution in [2.75, 3.05) is 60.5 Å². The number of aliphatic hydroxyl groups is 4. The molecular formula is C107H146F2N20O12S4. The Balaban J connectivity index is 0.000000139. The Hall–Kier alpha value is -10.2. The number of pyridine rings is 4. The maximum Gasteiger partial charge on any atom is 0.280 e. The van der Waals surface area contributed by atoms with Gasteiger partial charge in [0.05, 0.1) is 48.5 Å². The lowest BCUT2D eigenvalue weighted by Crippen LogP contribution is -2.38. The fourth-order valence-electron chi connectivity index (χ4n) is 21.1. The molecule has 32 nitrogen and oxygen atoms in total. The van der Waals surface area contributed by atoms with Gasteiger partial charge in [0, 0.05) is 147 Å². The number of nitrogens with zero attached hydrogens (tertiary/aromatic N) is 12. The summed E-state index contributed by atoms with van der Waals surface area (Å²) in [7, 11) is 0. The molecule has 5 aliphatic carbocycles. The summed E-state index contributed by atoms with van der Waals surface area (Å²) in [6.45, 7) is 31.4. The Kier molecular flexibility index (Phi) is 32.8. The zero-order chi connectivity index (χ0) is 104. The normalized spacial score (nSPS) is 21.4. The number of likely N-dealkylation sites (tertiary alicyclic amines) is 2. The monoisotopic (exact) mass is 2070 g/mol. The van der Waals surface area contributed by atoms with E-state index in [1.54, 1.807) is 87.1 Å². The van der Waals surface area contributed by atoms with E-state index in [0.29, 0.717) is 102 Å². The second-order valence-electron chi connectivity index (χ2n) is 45.2. The zero-order valence-electron chi connectivity index (χ0n) is 86.8. The highest BCUT2D eigenvalue weighted by atomic mass is 32.1. The fourth-order valence-corrected chi connectivity index (χ4v) is 25.3. The van der Waals surface area contributed by atoms with Gasteiger partial charge in [0.15, 0.2) is 20.0 Å². The Morgan fingerprint density at radius 1 is 0.372 bits per heavy atom. The molecule has 11 fully saturated rings. The number of rotatable bonds is 33. The summed E-state index contributed by atoms with van der Waals surface area (Å²) in [6, 6.07) is 10.1. The van der Waals surface area contributed by atoms with Gasteiger partial charge in [-0.3, -0.25) is 38.4 Å². The van der Waals surface area contributed by atoms with E-state index in [1.807, 2.05) is 73.6 Å². The lowest BCUT2D eigenvalue weighted by Gasteiger charge is -2.32. The zero-order valence-corrected chi connectivity index (χ0v) is 90.1. The van der Waals surface area contributed by atoms with Crippen LogP contribution in [0.2, 0.25) is 0 Å². The predicted octanol–water partition coefficient (Wildman–Crippen LogP) is 17.5. The number of halogens is 2. The van der Waals surface area contributed by atoms with Crippen LogP contribution in [0.5, 0.6) is 0 Å². The Labute approximate surface area is 865 Å². The molecule has 0 unspecified atom stereocenters. The van der Waals surface area contributed by atoms with Gasteiger partial charge in [-0.25, -0.2) is 48.7 Å². The third kappa shape index (κ3) is 26.2. The van der Waals surface area contributed by atoms with Crippen molar-refractivity contribution in [1.29, 1.82) is 0 Å². The minimum absolute atomic E-state index is 0.0104. The second-order valence-corrected chi connectivity index (χ2v) is 49.2. The average molecular weight is 2070 g/mol. The highest BCUT2D eigenvalue weighted by Crippen LogP contribution is 2.49. The van der Waals surface area contributed by atoms with Gasteiger partial charge in [0.2, 0.25) is 0 Å². The molecule has 8 aromatic rings. The molecule has 5 atom stereocenters. The fraction of sp³-hybridized carbons (Fsp3) is 0.626. The summed E-state index contributed by atoms with van der Waals surface area (Å²) < 4.78 is 28.2. The van der Waals surface area contributed by atoms with Crippen LogP contribution in [0.4, 0.5) is 32.1 Å². The van der Waals surface area contributed by atoms with Crippen LogP contribution in [0.3, 0.4) is 0 Å². The Bertz CT molecular complexity index is 5840. The molecule has 8 aromatic heterocycles. The van der Waals surface area contributed by atoms with Crippen LogP contribution in [0.25, 0.3) is 41.8 Å². The minimum atomic E-state index is -2.97. The number of hydrogen-bond acceptors (Lipinski definition) is 28. The standard InChI is InChI=1S/C27H35F2N5O3S.2C27H37N5O3S.C26H37N5O3S/c1-14-9-19(32-20(16-5-6-16)17-7-8-17)30-11-18(14)22-21(25(36)34-13-27(28,29)10-15(34)2)33-24(38-22)23(35)31-12-26(3,4)37;2*1-15-12-21(30-16(2)17-6-5-7-17)28-13-20(15)23-22(26(34)32-18-8-9-19(32)11-10-18)31-25(36-23)24(33)29-14-27(3,4)35;1-15-12-20(29-17(3)18-9-6-10-18)27-13-19(15)22-21(25(33)31-11-7-8-16(31)2)30-24(35-22)23(32)28-14-26(4,5)34/h9,11,15-17,20,37H,5-8,10,12-13H2,1-4H3,(H,30,32)(H,31,35);2*12-13,16-19,35H,5-11,14H2,1-4H3,(H,28,30)(H,29,33);12-13,16-18,34H,6-11,14H2,1-5H3,(H,27,29)(H,28,32)/t15-;2*16-,18?,19?;16-,17+/m0100/s1. The van der Waals surface area contributed by atoms with Crippen molar-refractivity contribution >= 4 is 116 Å². The molecule has 12 N–H and O–H groups in total. The topological polar surface area (TPSA) is 430 Å².